The van der Waals surface area contributed by atoms with Gasteiger partial charge in [-0.2, -0.15) is 0 Å². The lowest BCUT2D eigenvalue weighted by molar-refractivity contribution is -0.148. The van der Waals surface area contributed by atoms with Crippen LogP contribution in [0.5, 0.6) is 0 Å². The summed E-state index contributed by atoms with van der Waals surface area (Å²) in [5.74, 6) is -0.246. The van der Waals surface area contributed by atoms with Gasteiger partial charge in [0.25, 0.3) is 0 Å². The first-order chi connectivity index (χ1) is 10.9. The van der Waals surface area contributed by atoms with E-state index in [-0.39, 0.29) is 12.3 Å². The summed E-state index contributed by atoms with van der Waals surface area (Å²) in [4.78, 5) is 12.0. The predicted molar refractivity (Wildman–Crippen MR) is 86.0 cm³/mol. The van der Waals surface area contributed by atoms with E-state index in [1.807, 2.05) is 38.1 Å². The summed E-state index contributed by atoms with van der Waals surface area (Å²) >= 11 is 0. The van der Waals surface area contributed by atoms with Crippen molar-refractivity contribution < 1.29 is 24.1 Å². The van der Waals surface area contributed by atoms with Crippen LogP contribution in [0.15, 0.2) is 24.3 Å². The van der Waals surface area contributed by atoms with Gasteiger partial charge in [0.05, 0.1) is 31.3 Å². The van der Waals surface area contributed by atoms with Crippen molar-refractivity contribution in [3.05, 3.63) is 35.4 Å². The molecule has 1 aromatic carbocycles. The van der Waals surface area contributed by atoms with Crippen LogP contribution < -0.4 is 0 Å². The molecule has 1 saturated heterocycles. The second-order valence-corrected chi connectivity index (χ2v) is 6.23. The molecule has 5 nitrogen and oxygen atoms in total. The first kappa shape index (κ1) is 17.9. The number of benzene rings is 1. The first-order valence-electron chi connectivity index (χ1n) is 8.14. The molecule has 0 radical (unpaired) electrons. The highest BCUT2D eigenvalue weighted by atomic mass is 16.7. The van der Waals surface area contributed by atoms with Gasteiger partial charge in [0, 0.05) is 6.42 Å². The summed E-state index contributed by atoms with van der Waals surface area (Å²) in [6, 6.07) is 7.46. The summed E-state index contributed by atoms with van der Waals surface area (Å²) in [6.07, 6.45) is 0.469. The van der Waals surface area contributed by atoms with Gasteiger partial charge in [-0.05, 0) is 38.3 Å². The number of aliphatic hydroxyl groups excluding tert-OH is 1. The highest BCUT2D eigenvalue weighted by Crippen LogP contribution is 2.28. The van der Waals surface area contributed by atoms with Gasteiger partial charge in [0.2, 0.25) is 0 Å². The quantitative estimate of drug-likeness (QED) is 0.782. The monoisotopic (exact) mass is 322 g/mol. The lowest BCUT2D eigenvalue weighted by Crippen LogP contribution is -2.31. The number of hydrogen-bond donors (Lipinski definition) is 1. The van der Waals surface area contributed by atoms with E-state index in [1.165, 1.54) is 0 Å². The summed E-state index contributed by atoms with van der Waals surface area (Å²) in [5, 5.41) is 10.3. The normalized spacial score (nSPS) is 17.2. The van der Waals surface area contributed by atoms with Gasteiger partial charge < -0.3 is 19.3 Å². The van der Waals surface area contributed by atoms with Crippen LogP contribution in [0.4, 0.5) is 0 Å². The fourth-order valence-corrected chi connectivity index (χ4v) is 2.59. The molecular weight excluding hydrogens is 296 g/mol. The Bertz CT molecular complexity index is 503. The maximum absolute atomic E-state index is 12.0. The number of esters is 1. The molecule has 0 unspecified atom stereocenters. The molecule has 128 valence electrons. The van der Waals surface area contributed by atoms with Crippen molar-refractivity contribution in [1.29, 1.82) is 0 Å². The van der Waals surface area contributed by atoms with Crippen LogP contribution in [0.3, 0.4) is 0 Å². The van der Waals surface area contributed by atoms with Crippen molar-refractivity contribution in [3.8, 4) is 0 Å². The lowest BCUT2D eigenvalue weighted by Gasteiger charge is -2.23. The molecule has 1 aliphatic rings. The molecular formula is C18H26O5. The molecule has 5 heteroatoms. The van der Waals surface area contributed by atoms with Crippen molar-refractivity contribution >= 4 is 5.97 Å². The summed E-state index contributed by atoms with van der Waals surface area (Å²) < 4.78 is 15.9. The van der Waals surface area contributed by atoms with E-state index in [0.29, 0.717) is 32.7 Å². The van der Waals surface area contributed by atoms with E-state index < -0.39 is 11.5 Å². The van der Waals surface area contributed by atoms with Crippen LogP contribution in [0.2, 0.25) is 0 Å². The Labute approximate surface area is 137 Å². The third kappa shape index (κ3) is 4.53. The van der Waals surface area contributed by atoms with E-state index in [0.717, 1.165) is 11.1 Å². The zero-order valence-electron chi connectivity index (χ0n) is 14.1. The smallest absolute Gasteiger partial charge is 0.315 e. The van der Waals surface area contributed by atoms with Gasteiger partial charge in [-0.1, -0.05) is 24.3 Å². The second-order valence-electron chi connectivity index (χ2n) is 6.23. The zero-order valence-corrected chi connectivity index (χ0v) is 14.1. The fourth-order valence-electron chi connectivity index (χ4n) is 2.59. The third-order valence-electron chi connectivity index (χ3n) is 4.17. The number of aliphatic hydroxyl groups is 1. The zero-order chi connectivity index (χ0) is 16.9. The maximum atomic E-state index is 12.0. The van der Waals surface area contributed by atoms with Gasteiger partial charge in [-0.15, -0.1) is 0 Å². The molecule has 0 bridgehead atoms. The molecule has 0 aromatic heterocycles. The molecule has 1 heterocycles. The Kier molecular flexibility index (Phi) is 6.16. The molecule has 0 spiro atoms. The highest BCUT2D eigenvalue weighted by molar-refractivity contribution is 5.82. The molecule has 1 aromatic rings. The number of rotatable bonds is 7. The maximum Gasteiger partial charge on any atom is 0.315 e. The third-order valence-corrected chi connectivity index (χ3v) is 4.17. The standard InChI is InChI=1S/C18H26O5/c1-4-21-17(20)18(2,3)14-7-5-13(6-8-14)15(19)9-10-16-22-11-12-23-16/h5-8,15-16,19H,4,9-12H2,1-3H3/t15-/m1/s1. The SMILES string of the molecule is CCOC(=O)C(C)(C)c1ccc([C@H](O)CCC2OCCO2)cc1. The van der Waals surface area contributed by atoms with Crippen LogP contribution >= 0.6 is 0 Å². The van der Waals surface area contributed by atoms with Crippen LogP contribution in [0.25, 0.3) is 0 Å². The predicted octanol–water partition coefficient (Wildman–Crippen LogP) is 2.71. The van der Waals surface area contributed by atoms with E-state index in [4.69, 9.17) is 14.2 Å². The molecule has 23 heavy (non-hydrogen) atoms. The first-order valence-corrected chi connectivity index (χ1v) is 8.14. The summed E-state index contributed by atoms with van der Waals surface area (Å²) in [5.41, 5.74) is 0.992. The molecule has 0 saturated carbocycles. The number of hydrogen-bond acceptors (Lipinski definition) is 5. The van der Waals surface area contributed by atoms with Gasteiger partial charge in [-0.25, -0.2) is 0 Å². The Morgan fingerprint density at radius 3 is 2.48 bits per heavy atom. The molecule has 1 aliphatic heterocycles. The summed E-state index contributed by atoms with van der Waals surface area (Å²) in [7, 11) is 0. The van der Waals surface area contributed by atoms with Crippen molar-refractivity contribution in [2.75, 3.05) is 19.8 Å². The Balaban J connectivity index is 1.96. The van der Waals surface area contributed by atoms with Crippen LogP contribution in [0, 0.1) is 0 Å². The van der Waals surface area contributed by atoms with Crippen molar-refractivity contribution in [2.24, 2.45) is 0 Å². The average molecular weight is 322 g/mol. The second kappa shape index (κ2) is 7.90. The van der Waals surface area contributed by atoms with Gasteiger partial charge >= 0.3 is 5.97 Å². The van der Waals surface area contributed by atoms with Gasteiger partial charge in [-0.3, -0.25) is 4.79 Å². The highest BCUT2D eigenvalue weighted by Gasteiger charge is 2.31. The minimum absolute atomic E-state index is 0.202. The largest absolute Gasteiger partial charge is 0.465 e. The van der Waals surface area contributed by atoms with Crippen molar-refractivity contribution in [3.63, 3.8) is 0 Å². The minimum Gasteiger partial charge on any atom is -0.465 e. The number of carbonyl (C=O) groups is 1. The van der Waals surface area contributed by atoms with Gasteiger partial charge in [0.1, 0.15) is 0 Å². The fraction of sp³-hybridized carbons (Fsp3) is 0.611. The van der Waals surface area contributed by atoms with Crippen LogP contribution in [0.1, 0.15) is 50.8 Å². The number of ether oxygens (including phenoxy) is 3. The minimum atomic E-state index is -0.703. The van der Waals surface area contributed by atoms with E-state index in [1.54, 1.807) is 6.92 Å². The van der Waals surface area contributed by atoms with Gasteiger partial charge in [0.15, 0.2) is 6.29 Å². The number of carbonyl (C=O) groups excluding carboxylic acids is 1. The Morgan fingerprint density at radius 1 is 1.30 bits per heavy atom. The van der Waals surface area contributed by atoms with E-state index in [2.05, 4.69) is 0 Å². The molecule has 2 rings (SSSR count). The Hall–Kier alpha value is -1.43. The Morgan fingerprint density at radius 2 is 1.91 bits per heavy atom. The van der Waals surface area contributed by atoms with E-state index in [9.17, 15) is 9.90 Å². The molecule has 0 aliphatic carbocycles. The summed E-state index contributed by atoms with van der Waals surface area (Å²) in [6.45, 7) is 7.09. The van der Waals surface area contributed by atoms with E-state index >= 15 is 0 Å². The van der Waals surface area contributed by atoms with Crippen LogP contribution in [-0.4, -0.2) is 37.2 Å². The topological polar surface area (TPSA) is 65.0 Å². The molecule has 1 atom stereocenters. The molecule has 1 N–H and O–H groups in total. The van der Waals surface area contributed by atoms with Crippen molar-refractivity contribution in [2.45, 2.75) is 51.4 Å². The molecule has 1 fully saturated rings. The lowest BCUT2D eigenvalue weighted by atomic mass is 9.84. The molecule has 0 amide bonds. The van der Waals surface area contributed by atoms with Crippen molar-refractivity contribution in [1.82, 2.24) is 0 Å². The average Bonchev–Trinajstić information content (AvgIpc) is 3.06. The van der Waals surface area contributed by atoms with Crippen LogP contribution in [-0.2, 0) is 24.4 Å².